The molecule has 6 aromatic rings. The molecule has 7 heterocycles. The lowest BCUT2D eigenvalue weighted by Gasteiger charge is -2.21. The van der Waals surface area contributed by atoms with Gasteiger partial charge >= 0.3 is 11.9 Å². The number of esters is 2. The molecule has 2 unspecified atom stereocenters. The van der Waals surface area contributed by atoms with Gasteiger partial charge in [-0.1, -0.05) is 39.8 Å². The molecule has 2 aliphatic rings. The lowest BCUT2D eigenvalue weighted by molar-refractivity contribution is 0.0510. The van der Waals surface area contributed by atoms with E-state index in [1.54, 1.807) is 51.4 Å². The van der Waals surface area contributed by atoms with Gasteiger partial charge in [0.25, 0.3) is 5.92 Å². The number of hydrogen-bond donors (Lipinski definition) is 1. The number of nitrogens with zero attached hydrogens (tertiary/aromatic N) is 14. The van der Waals surface area contributed by atoms with Crippen molar-refractivity contribution in [1.29, 1.82) is 0 Å². The van der Waals surface area contributed by atoms with Crippen LogP contribution in [-0.4, -0.2) is 99.2 Å². The highest BCUT2D eigenvalue weighted by atomic mass is 19.3. The Kier molecular flexibility index (Phi) is 17.4. The Morgan fingerprint density at radius 1 is 0.701 bits per heavy atom. The molecule has 2 atom stereocenters. The lowest BCUT2D eigenvalue weighted by atomic mass is 10.2. The number of rotatable bonds is 12. The predicted octanol–water partition coefficient (Wildman–Crippen LogP) is 6.61. The molecule has 354 valence electrons. The van der Waals surface area contributed by atoms with E-state index in [-0.39, 0.29) is 37.8 Å². The van der Waals surface area contributed by atoms with E-state index in [2.05, 4.69) is 50.6 Å². The maximum Gasteiger partial charge on any atom is 0.360 e. The lowest BCUT2D eigenvalue weighted by Crippen LogP contribution is -2.28. The van der Waals surface area contributed by atoms with Crippen LogP contribution < -0.4 is 4.90 Å². The van der Waals surface area contributed by atoms with Crippen LogP contribution in [0.2, 0.25) is 0 Å². The number of alkyl halides is 2. The Hall–Kier alpha value is -7.46. The van der Waals surface area contributed by atoms with Crippen LogP contribution in [0.4, 0.5) is 27.8 Å². The third-order valence-corrected chi connectivity index (χ3v) is 10.4. The number of aryl methyl sites for hydroxylation is 4. The largest absolute Gasteiger partial charge is 0.461 e. The number of carbonyl (C=O) groups excluding carboxylic acids is 2. The Labute approximate surface area is 380 Å². The summed E-state index contributed by atoms with van der Waals surface area (Å²) >= 11 is 0. The number of pyridine rings is 4. The normalized spacial score (nSPS) is 15.0. The van der Waals surface area contributed by atoms with Crippen molar-refractivity contribution in [3.63, 3.8) is 0 Å². The number of ether oxygens (including phenoxy) is 2. The van der Waals surface area contributed by atoms with Crippen LogP contribution in [0.1, 0.15) is 79.9 Å². The van der Waals surface area contributed by atoms with Gasteiger partial charge in [-0.25, -0.2) is 47.7 Å². The van der Waals surface area contributed by atoms with E-state index in [1.165, 1.54) is 41.3 Å². The van der Waals surface area contributed by atoms with Crippen LogP contribution >= 0.6 is 0 Å². The molecule has 1 saturated carbocycles. The second kappa shape index (κ2) is 23.1. The quantitative estimate of drug-likeness (QED) is 0.0339. The minimum absolute atomic E-state index is 0.0842. The van der Waals surface area contributed by atoms with Crippen molar-refractivity contribution in [2.24, 2.45) is 17.0 Å². The van der Waals surface area contributed by atoms with Gasteiger partial charge in [0.2, 0.25) is 17.8 Å². The van der Waals surface area contributed by atoms with E-state index in [0.29, 0.717) is 48.8 Å². The molecule has 2 fully saturated rings. The predicted molar refractivity (Wildman–Crippen MR) is 229 cm³/mol. The van der Waals surface area contributed by atoms with E-state index < -0.39 is 47.5 Å². The average Bonchev–Trinajstić information content (AvgIpc) is 3.91. The van der Waals surface area contributed by atoms with Crippen LogP contribution in [0.25, 0.3) is 10.4 Å². The molecule has 67 heavy (non-hydrogen) atoms. The first-order valence-corrected chi connectivity index (χ1v) is 20.7. The molecule has 8 rings (SSSR count). The number of anilines is 1. The third-order valence-electron chi connectivity index (χ3n) is 10.4. The molecular formula is C43H47F5N14O5. The fourth-order valence-electron chi connectivity index (χ4n) is 6.60. The Morgan fingerprint density at radius 2 is 1.12 bits per heavy atom. The first-order valence-electron chi connectivity index (χ1n) is 20.7. The number of aliphatic hydroxyl groups is 1. The molecule has 1 aliphatic carbocycles. The van der Waals surface area contributed by atoms with Crippen LogP contribution in [0, 0.1) is 57.4 Å². The summed E-state index contributed by atoms with van der Waals surface area (Å²) in [6, 6.07) is 12.2. The van der Waals surface area contributed by atoms with Crippen molar-refractivity contribution in [2.75, 3.05) is 31.2 Å². The number of carbonyl (C=O) groups is 2. The summed E-state index contributed by atoms with van der Waals surface area (Å²) in [6.45, 7) is 12.5. The highest BCUT2D eigenvalue weighted by molar-refractivity contribution is 5.87. The van der Waals surface area contributed by atoms with E-state index in [4.69, 9.17) is 20.1 Å². The molecule has 24 heteroatoms. The number of azide groups is 1. The zero-order chi connectivity index (χ0) is 48.8. The fraction of sp³-hybridized carbons (Fsp3) is 0.395. The number of piperidine rings is 1. The fourth-order valence-corrected chi connectivity index (χ4v) is 6.60. The monoisotopic (exact) mass is 934 g/mol. The Bertz CT molecular complexity index is 2700. The minimum atomic E-state index is -2.49. The van der Waals surface area contributed by atoms with Crippen LogP contribution in [0.5, 0.6) is 0 Å². The Balaban J connectivity index is 0.000000180. The standard InChI is InChI=1S/C17H19F2N5O2.C12H13FN4O2.C7H7FN4.C7H8FNO/c1-3-26-16(25)14-9-24(22-21-14)6-11-4-5-15(20-10(11)2)23-7-12-13(8-23)17(12,18)19;1-3-19-12(18)10-7-17(16-15-10)6-9-4-5-11(13)14-8(9)2;1-5-6(4-10-12-9)2-3-7(8)11-5;1-5-6(4-10)2-3-7(8)9-5/h4-5,9,12-13H,3,6-8H2,1-2H3;4-5,7H,3,6H2,1-2H3;2-3H,4H2,1H3;2-3,10H,4H2,1H3. The van der Waals surface area contributed by atoms with E-state index in [9.17, 15) is 31.5 Å². The highest BCUT2D eigenvalue weighted by Gasteiger charge is 2.71. The zero-order valence-electron chi connectivity index (χ0n) is 37.3. The second-order valence-corrected chi connectivity index (χ2v) is 14.9. The SMILES string of the molecule is CCOC(=O)c1cn(Cc2ccc(F)nc2C)nn1.CCOC(=O)c1cn(Cc2ccc(N3CC4C(C3)C4(F)F)nc2C)nn1.Cc1nc(F)ccc1CN=[N+]=[N-].Cc1nc(F)ccc1CO. The smallest absolute Gasteiger partial charge is 0.360 e. The minimum Gasteiger partial charge on any atom is -0.461 e. The molecule has 1 saturated heterocycles. The molecule has 0 spiro atoms. The summed E-state index contributed by atoms with van der Waals surface area (Å²) in [5.74, 6) is -5.38. The van der Waals surface area contributed by atoms with Gasteiger partial charge in [-0.05, 0) is 93.6 Å². The van der Waals surface area contributed by atoms with Crippen molar-refractivity contribution in [1.82, 2.24) is 49.9 Å². The van der Waals surface area contributed by atoms with Gasteiger partial charge in [-0.15, -0.1) is 10.2 Å². The van der Waals surface area contributed by atoms with Crippen molar-refractivity contribution in [3.8, 4) is 0 Å². The first kappa shape index (κ1) is 50.5. The van der Waals surface area contributed by atoms with Gasteiger partial charge in [0.15, 0.2) is 11.4 Å². The molecule has 19 nitrogen and oxygen atoms in total. The topological polar surface area (TPSA) is 238 Å². The summed E-state index contributed by atoms with van der Waals surface area (Å²) in [5, 5.41) is 27.3. The molecule has 0 bridgehead atoms. The zero-order valence-corrected chi connectivity index (χ0v) is 37.3. The van der Waals surface area contributed by atoms with Crippen LogP contribution in [0.15, 0.2) is 66.0 Å². The van der Waals surface area contributed by atoms with E-state index >= 15 is 0 Å². The van der Waals surface area contributed by atoms with E-state index in [0.717, 1.165) is 28.2 Å². The maximum absolute atomic E-state index is 13.3. The molecule has 0 aromatic carbocycles. The van der Waals surface area contributed by atoms with Crippen LogP contribution in [0.3, 0.4) is 0 Å². The Morgan fingerprint density at radius 3 is 1.52 bits per heavy atom. The van der Waals surface area contributed by atoms with Gasteiger partial charge < -0.3 is 19.5 Å². The molecule has 0 radical (unpaired) electrons. The average molecular weight is 935 g/mol. The molecule has 0 amide bonds. The summed E-state index contributed by atoms with van der Waals surface area (Å²) in [6.07, 6.45) is 3.02. The molecule has 1 aliphatic heterocycles. The van der Waals surface area contributed by atoms with Gasteiger partial charge in [-0.2, -0.15) is 13.2 Å². The van der Waals surface area contributed by atoms with Crippen molar-refractivity contribution in [2.45, 2.75) is 73.7 Å². The summed E-state index contributed by atoms with van der Waals surface area (Å²) in [7, 11) is 0. The molecule has 6 aromatic heterocycles. The third kappa shape index (κ3) is 13.8. The van der Waals surface area contributed by atoms with Gasteiger partial charge in [0, 0.05) is 40.8 Å². The van der Waals surface area contributed by atoms with Gasteiger partial charge in [0.1, 0.15) is 5.82 Å². The summed E-state index contributed by atoms with van der Waals surface area (Å²) in [5.41, 5.74) is 14.0. The highest BCUT2D eigenvalue weighted by Crippen LogP contribution is 2.59. The van der Waals surface area contributed by atoms with Crippen molar-refractivity contribution >= 4 is 17.8 Å². The summed E-state index contributed by atoms with van der Waals surface area (Å²) in [4.78, 5) is 42.9. The number of fused-ring (bicyclic) bond motifs is 1. The molecular weight excluding hydrogens is 888 g/mol. The first-order chi connectivity index (χ1) is 32.0. The number of aliphatic hydroxyl groups excluding tert-OH is 1. The number of aromatic nitrogens is 10. The van der Waals surface area contributed by atoms with Gasteiger partial charge in [0.05, 0.1) is 63.7 Å². The van der Waals surface area contributed by atoms with Crippen molar-refractivity contribution < 1.29 is 46.1 Å². The van der Waals surface area contributed by atoms with Gasteiger partial charge in [-0.3, -0.25) is 0 Å². The van der Waals surface area contributed by atoms with Crippen molar-refractivity contribution in [3.05, 3.63) is 146 Å². The maximum atomic E-state index is 13.3. The number of halogens is 5. The second-order valence-electron chi connectivity index (χ2n) is 14.9. The van der Waals surface area contributed by atoms with Crippen LogP contribution in [-0.2, 0) is 35.7 Å². The summed E-state index contributed by atoms with van der Waals surface area (Å²) < 4.78 is 77.0. The molecule has 1 N–H and O–H groups in total. The number of hydrogen-bond acceptors (Lipinski definition) is 15. The van der Waals surface area contributed by atoms with E-state index in [1.807, 2.05) is 24.0 Å².